The standard InChI is InChI=1S/C17H25N3S/c1-19-9-11-20(12-10-19)8-4-7-18-13-15-14-21-17-6-3-2-5-16(15)17/h2-3,5-6,14,18H,4,7-13H2,1H3. The molecular formula is C17H25N3S. The molecule has 4 heteroatoms. The highest BCUT2D eigenvalue weighted by atomic mass is 32.1. The van der Waals surface area contributed by atoms with Crippen molar-refractivity contribution in [1.29, 1.82) is 0 Å². The van der Waals surface area contributed by atoms with Crippen LogP contribution >= 0.6 is 11.3 Å². The lowest BCUT2D eigenvalue weighted by molar-refractivity contribution is 0.153. The number of piperazine rings is 1. The Hall–Kier alpha value is -0.940. The molecule has 2 heterocycles. The summed E-state index contributed by atoms with van der Waals surface area (Å²) in [5.74, 6) is 0. The first-order valence-corrected chi connectivity index (χ1v) is 8.77. The summed E-state index contributed by atoms with van der Waals surface area (Å²) in [7, 11) is 2.21. The van der Waals surface area contributed by atoms with Gasteiger partial charge in [0.1, 0.15) is 0 Å². The molecule has 0 spiro atoms. The highest BCUT2D eigenvalue weighted by Gasteiger charge is 2.12. The van der Waals surface area contributed by atoms with E-state index in [0.29, 0.717) is 0 Å². The van der Waals surface area contributed by atoms with E-state index in [4.69, 9.17) is 0 Å². The number of thiophene rings is 1. The van der Waals surface area contributed by atoms with E-state index in [9.17, 15) is 0 Å². The zero-order chi connectivity index (χ0) is 14.5. The van der Waals surface area contributed by atoms with Crippen molar-refractivity contribution < 1.29 is 0 Å². The van der Waals surface area contributed by atoms with Crippen LogP contribution in [0, 0.1) is 0 Å². The van der Waals surface area contributed by atoms with Gasteiger partial charge in [-0.3, -0.25) is 0 Å². The fraction of sp³-hybridized carbons (Fsp3) is 0.529. The predicted molar refractivity (Wildman–Crippen MR) is 92.1 cm³/mol. The Morgan fingerprint density at radius 1 is 1.14 bits per heavy atom. The quantitative estimate of drug-likeness (QED) is 0.828. The molecule has 21 heavy (non-hydrogen) atoms. The lowest BCUT2D eigenvalue weighted by Crippen LogP contribution is -2.45. The fourth-order valence-electron chi connectivity index (χ4n) is 2.89. The van der Waals surface area contributed by atoms with E-state index in [2.05, 4.69) is 51.8 Å². The van der Waals surface area contributed by atoms with Crippen molar-refractivity contribution in [2.75, 3.05) is 46.3 Å². The van der Waals surface area contributed by atoms with Gasteiger partial charge in [-0.2, -0.15) is 0 Å². The second-order valence-corrected chi connectivity index (χ2v) is 6.84. The molecule has 1 aliphatic rings. The van der Waals surface area contributed by atoms with E-state index in [-0.39, 0.29) is 0 Å². The molecule has 1 saturated heterocycles. The van der Waals surface area contributed by atoms with Crippen LogP contribution in [0.5, 0.6) is 0 Å². The van der Waals surface area contributed by atoms with Crippen LogP contribution in [-0.2, 0) is 6.54 Å². The molecule has 1 fully saturated rings. The highest BCUT2D eigenvalue weighted by molar-refractivity contribution is 7.17. The molecule has 3 rings (SSSR count). The molecule has 0 radical (unpaired) electrons. The van der Waals surface area contributed by atoms with Crippen LogP contribution in [-0.4, -0.2) is 56.1 Å². The van der Waals surface area contributed by atoms with E-state index in [0.717, 1.165) is 13.1 Å². The molecule has 1 aromatic heterocycles. The predicted octanol–water partition coefficient (Wildman–Crippen LogP) is 2.63. The minimum Gasteiger partial charge on any atom is -0.313 e. The summed E-state index contributed by atoms with van der Waals surface area (Å²) >= 11 is 1.85. The molecular weight excluding hydrogens is 278 g/mol. The third-order valence-electron chi connectivity index (χ3n) is 4.30. The van der Waals surface area contributed by atoms with Gasteiger partial charge in [-0.05, 0) is 49.0 Å². The maximum absolute atomic E-state index is 3.60. The molecule has 3 nitrogen and oxygen atoms in total. The van der Waals surface area contributed by atoms with Gasteiger partial charge in [0.2, 0.25) is 0 Å². The maximum Gasteiger partial charge on any atom is 0.0346 e. The number of likely N-dealkylation sites (N-methyl/N-ethyl adjacent to an activating group) is 1. The Morgan fingerprint density at radius 2 is 1.95 bits per heavy atom. The molecule has 1 N–H and O–H groups in total. The number of hydrogen-bond acceptors (Lipinski definition) is 4. The molecule has 0 unspecified atom stereocenters. The summed E-state index contributed by atoms with van der Waals surface area (Å²) in [6.07, 6.45) is 1.24. The van der Waals surface area contributed by atoms with E-state index in [1.807, 2.05) is 11.3 Å². The van der Waals surface area contributed by atoms with Crippen LogP contribution < -0.4 is 5.32 Å². The fourth-order valence-corrected chi connectivity index (χ4v) is 3.85. The van der Waals surface area contributed by atoms with Crippen LogP contribution in [0.3, 0.4) is 0 Å². The van der Waals surface area contributed by atoms with Gasteiger partial charge in [0, 0.05) is 37.4 Å². The molecule has 0 aliphatic carbocycles. The topological polar surface area (TPSA) is 18.5 Å². The first-order valence-electron chi connectivity index (χ1n) is 7.89. The summed E-state index contributed by atoms with van der Waals surface area (Å²) in [6.45, 7) is 8.22. The molecule has 1 aliphatic heterocycles. The van der Waals surface area contributed by atoms with Gasteiger partial charge in [0.15, 0.2) is 0 Å². The zero-order valence-electron chi connectivity index (χ0n) is 12.8. The highest BCUT2D eigenvalue weighted by Crippen LogP contribution is 2.25. The Morgan fingerprint density at radius 3 is 2.81 bits per heavy atom. The van der Waals surface area contributed by atoms with Crippen LogP contribution in [0.4, 0.5) is 0 Å². The third-order valence-corrected chi connectivity index (χ3v) is 5.31. The van der Waals surface area contributed by atoms with Gasteiger partial charge in [0.05, 0.1) is 0 Å². The van der Waals surface area contributed by atoms with E-state index in [1.54, 1.807) is 0 Å². The summed E-state index contributed by atoms with van der Waals surface area (Å²) < 4.78 is 1.40. The minimum absolute atomic E-state index is 0.993. The van der Waals surface area contributed by atoms with Crippen LogP contribution in [0.1, 0.15) is 12.0 Å². The Bertz CT molecular complexity index is 558. The summed E-state index contributed by atoms with van der Waals surface area (Å²) in [4.78, 5) is 5.00. The SMILES string of the molecule is CN1CCN(CCCNCc2csc3ccccc23)CC1. The van der Waals surface area contributed by atoms with E-state index in [1.165, 1.54) is 54.8 Å². The van der Waals surface area contributed by atoms with E-state index < -0.39 is 0 Å². The number of nitrogens with zero attached hydrogens (tertiary/aromatic N) is 2. The van der Waals surface area contributed by atoms with Gasteiger partial charge >= 0.3 is 0 Å². The average Bonchev–Trinajstić information content (AvgIpc) is 2.92. The summed E-state index contributed by atoms with van der Waals surface area (Å²) in [5.41, 5.74) is 1.44. The Balaban J connectivity index is 1.37. The van der Waals surface area contributed by atoms with Gasteiger partial charge in [-0.15, -0.1) is 11.3 Å². The number of fused-ring (bicyclic) bond motifs is 1. The van der Waals surface area contributed by atoms with E-state index >= 15 is 0 Å². The van der Waals surface area contributed by atoms with Gasteiger partial charge in [-0.1, -0.05) is 18.2 Å². The number of nitrogens with one attached hydrogen (secondary N) is 1. The maximum atomic E-state index is 3.60. The normalized spacial score (nSPS) is 17.6. The lowest BCUT2D eigenvalue weighted by atomic mass is 10.2. The molecule has 0 bridgehead atoms. The smallest absolute Gasteiger partial charge is 0.0346 e. The van der Waals surface area contributed by atoms with Gasteiger partial charge < -0.3 is 15.1 Å². The van der Waals surface area contributed by atoms with Gasteiger partial charge in [0.25, 0.3) is 0 Å². The number of benzene rings is 1. The lowest BCUT2D eigenvalue weighted by Gasteiger charge is -2.32. The first kappa shape index (κ1) is 15.0. The van der Waals surface area contributed by atoms with Crippen molar-refractivity contribution in [3.8, 4) is 0 Å². The van der Waals surface area contributed by atoms with Crippen molar-refractivity contribution in [2.45, 2.75) is 13.0 Å². The largest absolute Gasteiger partial charge is 0.313 e. The van der Waals surface area contributed by atoms with Gasteiger partial charge in [-0.25, -0.2) is 0 Å². The first-order chi connectivity index (χ1) is 10.3. The molecule has 0 saturated carbocycles. The monoisotopic (exact) mass is 303 g/mol. The molecule has 1 aromatic carbocycles. The third kappa shape index (κ3) is 4.04. The second-order valence-electron chi connectivity index (χ2n) is 5.93. The average molecular weight is 303 g/mol. The molecule has 0 atom stereocenters. The van der Waals surface area contributed by atoms with Crippen molar-refractivity contribution >= 4 is 21.4 Å². The number of rotatable bonds is 6. The molecule has 0 amide bonds. The number of hydrogen-bond donors (Lipinski definition) is 1. The van der Waals surface area contributed by atoms with Crippen molar-refractivity contribution in [1.82, 2.24) is 15.1 Å². The summed E-state index contributed by atoms with van der Waals surface area (Å²) in [6, 6.07) is 8.68. The van der Waals surface area contributed by atoms with Crippen LogP contribution in [0.25, 0.3) is 10.1 Å². The Labute approximate surface area is 131 Å². The molecule has 2 aromatic rings. The van der Waals surface area contributed by atoms with Crippen molar-refractivity contribution in [3.05, 3.63) is 35.2 Å². The van der Waals surface area contributed by atoms with Crippen LogP contribution in [0.2, 0.25) is 0 Å². The molecule has 114 valence electrons. The van der Waals surface area contributed by atoms with Crippen LogP contribution in [0.15, 0.2) is 29.6 Å². The summed E-state index contributed by atoms with van der Waals surface area (Å²) in [5, 5.41) is 7.30. The van der Waals surface area contributed by atoms with Crippen molar-refractivity contribution in [2.24, 2.45) is 0 Å². The minimum atomic E-state index is 0.993. The zero-order valence-corrected chi connectivity index (χ0v) is 13.7. The van der Waals surface area contributed by atoms with Crippen molar-refractivity contribution in [3.63, 3.8) is 0 Å². The Kier molecular flexibility index (Phi) is 5.25. The second kappa shape index (κ2) is 7.36.